The highest BCUT2D eigenvalue weighted by atomic mass is 16.5. The van der Waals surface area contributed by atoms with Crippen molar-refractivity contribution in [1.82, 2.24) is 15.0 Å². The first-order chi connectivity index (χ1) is 9.72. The largest absolute Gasteiger partial charge is 0.478 e. The number of nitrogens with zero attached hydrogens (tertiary/aromatic N) is 3. The van der Waals surface area contributed by atoms with E-state index in [1.807, 2.05) is 6.92 Å². The quantitative estimate of drug-likeness (QED) is 0.859. The highest BCUT2D eigenvalue weighted by Gasteiger charge is 2.09. The van der Waals surface area contributed by atoms with E-state index in [1.165, 1.54) is 18.6 Å². The van der Waals surface area contributed by atoms with E-state index >= 15 is 0 Å². The number of rotatable bonds is 5. The fraction of sp³-hybridized carbons (Fsp3) is 0.231. The van der Waals surface area contributed by atoms with Crippen LogP contribution in [-0.2, 0) is 0 Å². The monoisotopic (exact) mass is 273 g/mol. The zero-order valence-corrected chi connectivity index (χ0v) is 11.3. The summed E-state index contributed by atoms with van der Waals surface area (Å²) in [5.41, 5.74) is 0.792. The number of hydrogen-bond acceptors (Lipinski definition) is 6. The molecule has 2 heterocycles. The van der Waals surface area contributed by atoms with Crippen LogP contribution < -0.4 is 15.4 Å². The molecule has 0 atom stereocenters. The average molecular weight is 273 g/mol. The number of anilines is 2. The molecular weight excluding hydrogens is 258 g/mol. The summed E-state index contributed by atoms with van der Waals surface area (Å²) in [4.78, 5) is 24.1. The number of aromatic nitrogens is 3. The summed E-state index contributed by atoms with van der Waals surface area (Å²) >= 11 is 0. The minimum absolute atomic E-state index is 0.228. The van der Waals surface area contributed by atoms with Gasteiger partial charge in [0.2, 0.25) is 5.88 Å². The summed E-state index contributed by atoms with van der Waals surface area (Å²) in [6, 6.07) is 3.40. The van der Waals surface area contributed by atoms with Crippen molar-refractivity contribution in [1.29, 1.82) is 0 Å². The van der Waals surface area contributed by atoms with Crippen molar-refractivity contribution >= 4 is 17.4 Å². The summed E-state index contributed by atoms with van der Waals surface area (Å²) in [6.07, 6.45) is 4.46. The van der Waals surface area contributed by atoms with Gasteiger partial charge in [0, 0.05) is 13.1 Å². The summed E-state index contributed by atoms with van der Waals surface area (Å²) in [5.74, 6) is 0.700. The lowest BCUT2D eigenvalue weighted by atomic mass is 10.3. The van der Waals surface area contributed by atoms with Crippen LogP contribution in [-0.4, -0.2) is 34.5 Å². The number of pyridine rings is 1. The molecule has 2 N–H and O–H groups in total. The molecule has 0 saturated carbocycles. The van der Waals surface area contributed by atoms with E-state index in [4.69, 9.17) is 4.74 Å². The minimum Gasteiger partial charge on any atom is -0.478 e. The second kappa shape index (κ2) is 6.46. The molecule has 7 nitrogen and oxygen atoms in total. The molecule has 2 rings (SSSR count). The Morgan fingerprint density at radius 1 is 1.30 bits per heavy atom. The number of nitrogens with one attached hydrogen (secondary N) is 2. The standard InChI is InChI=1S/C13H15N5O2/c1-3-20-12-5-4-9(6-16-12)17-13(19)10-7-15-8-11(14-2)18-10/h4-8H,3H2,1-2H3,(H,14,18)(H,17,19). The van der Waals surface area contributed by atoms with E-state index in [2.05, 4.69) is 25.6 Å². The minimum atomic E-state index is -0.347. The van der Waals surface area contributed by atoms with E-state index in [0.717, 1.165) is 0 Å². The first-order valence-electron chi connectivity index (χ1n) is 6.13. The van der Waals surface area contributed by atoms with Crippen molar-refractivity contribution in [2.24, 2.45) is 0 Å². The van der Waals surface area contributed by atoms with Crippen LogP contribution in [0.15, 0.2) is 30.7 Å². The van der Waals surface area contributed by atoms with Gasteiger partial charge in [0.1, 0.15) is 11.5 Å². The molecule has 0 aliphatic heterocycles. The number of carbonyl (C=O) groups is 1. The van der Waals surface area contributed by atoms with Gasteiger partial charge < -0.3 is 15.4 Å². The van der Waals surface area contributed by atoms with Gasteiger partial charge in [-0.05, 0) is 13.0 Å². The van der Waals surface area contributed by atoms with Crippen molar-refractivity contribution in [3.8, 4) is 5.88 Å². The molecule has 0 saturated heterocycles. The van der Waals surface area contributed by atoms with E-state index in [-0.39, 0.29) is 11.6 Å². The molecule has 0 radical (unpaired) electrons. The van der Waals surface area contributed by atoms with Gasteiger partial charge in [-0.25, -0.2) is 9.97 Å². The van der Waals surface area contributed by atoms with E-state index < -0.39 is 0 Å². The van der Waals surface area contributed by atoms with Crippen molar-refractivity contribution in [3.63, 3.8) is 0 Å². The zero-order valence-electron chi connectivity index (χ0n) is 11.3. The summed E-state index contributed by atoms with van der Waals surface area (Å²) in [6.45, 7) is 2.43. The molecule has 0 unspecified atom stereocenters. The first kappa shape index (κ1) is 13.7. The Labute approximate surface area is 116 Å². The van der Waals surface area contributed by atoms with E-state index in [0.29, 0.717) is 24.0 Å². The average Bonchev–Trinajstić information content (AvgIpc) is 2.49. The highest BCUT2D eigenvalue weighted by Crippen LogP contribution is 2.12. The number of ether oxygens (including phenoxy) is 1. The molecule has 7 heteroatoms. The molecule has 0 spiro atoms. The van der Waals surface area contributed by atoms with Crippen LogP contribution in [0.4, 0.5) is 11.5 Å². The normalized spacial score (nSPS) is 9.90. The predicted molar refractivity (Wildman–Crippen MR) is 74.9 cm³/mol. The van der Waals surface area contributed by atoms with Crippen LogP contribution in [0.3, 0.4) is 0 Å². The molecule has 104 valence electrons. The lowest BCUT2D eigenvalue weighted by Gasteiger charge is -2.06. The molecule has 0 aliphatic rings. The predicted octanol–water partition coefficient (Wildman–Crippen LogP) is 1.56. The Morgan fingerprint density at radius 2 is 2.15 bits per heavy atom. The highest BCUT2D eigenvalue weighted by molar-refractivity contribution is 6.02. The van der Waals surface area contributed by atoms with Gasteiger partial charge in [-0.1, -0.05) is 0 Å². The SMILES string of the molecule is CCOc1ccc(NC(=O)c2cncc(NC)n2)cn1. The summed E-state index contributed by atoms with van der Waals surface area (Å²) < 4.78 is 5.23. The molecule has 0 aromatic carbocycles. The maximum atomic E-state index is 12.0. The van der Waals surface area contributed by atoms with Crippen LogP contribution in [0.2, 0.25) is 0 Å². The zero-order chi connectivity index (χ0) is 14.4. The molecule has 1 amide bonds. The Balaban J connectivity index is 2.06. The Morgan fingerprint density at radius 3 is 2.80 bits per heavy atom. The van der Waals surface area contributed by atoms with Crippen molar-refractivity contribution in [2.45, 2.75) is 6.92 Å². The van der Waals surface area contributed by atoms with E-state index in [1.54, 1.807) is 19.2 Å². The lowest BCUT2D eigenvalue weighted by molar-refractivity contribution is 0.102. The Kier molecular flexibility index (Phi) is 4.43. The van der Waals surface area contributed by atoms with Gasteiger partial charge in [0.05, 0.1) is 30.9 Å². The fourth-order valence-corrected chi connectivity index (χ4v) is 1.48. The second-order valence-corrected chi connectivity index (χ2v) is 3.81. The van der Waals surface area contributed by atoms with Gasteiger partial charge in [-0.2, -0.15) is 0 Å². The third-order valence-electron chi connectivity index (χ3n) is 2.41. The summed E-state index contributed by atoms with van der Waals surface area (Å²) in [5, 5.41) is 5.52. The van der Waals surface area contributed by atoms with Crippen LogP contribution in [0.1, 0.15) is 17.4 Å². The van der Waals surface area contributed by atoms with Crippen LogP contribution in [0, 0.1) is 0 Å². The lowest BCUT2D eigenvalue weighted by Crippen LogP contribution is -2.15. The van der Waals surface area contributed by atoms with Crippen molar-refractivity contribution < 1.29 is 9.53 Å². The third kappa shape index (κ3) is 3.41. The topological polar surface area (TPSA) is 89.0 Å². The molecule has 2 aromatic heterocycles. The maximum Gasteiger partial charge on any atom is 0.275 e. The third-order valence-corrected chi connectivity index (χ3v) is 2.41. The van der Waals surface area contributed by atoms with Gasteiger partial charge in [-0.15, -0.1) is 0 Å². The summed E-state index contributed by atoms with van der Waals surface area (Å²) in [7, 11) is 1.71. The Bertz CT molecular complexity index is 586. The molecule has 2 aromatic rings. The Hall–Kier alpha value is -2.70. The van der Waals surface area contributed by atoms with E-state index in [9.17, 15) is 4.79 Å². The van der Waals surface area contributed by atoms with Gasteiger partial charge in [0.25, 0.3) is 5.91 Å². The number of hydrogen-bond donors (Lipinski definition) is 2. The molecular formula is C13H15N5O2. The number of carbonyl (C=O) groups excluding carboxylic acids is 1. The van der Waals surface area contributed by atoms with Crippen LogP contribution in [0.5, 0.6) is 5.88 Å². The maximum absolute atomic E-state index is 12.0. The van der Waals surface area contributed by atoms with Gasteiger partial charge in [-0.3, -0.25) is 9.78 Å². The first-order valence-corrected chi connectivity index (χ1v) is 6.13. The van der Waals surface area contributed by atoms with Crippen LogP contribution in [0.25, 0.3) is 0 Å². The molecule has 0 bridgehead atoms. The smallest absolute Gasteiger partial charge is 0.275 e. The van der Waals surface area contributed by atoms with Gasteiger partial charge >= 0.3 is 0 Å². The molecule has 20 heavy (non-hydrogen) atoms. The molecule has 0 fully saturated rings. The molecule has 0 aliphatic carbocycles. The number of amides is 1. The van der Waals surface area contributed by atoms with Crippen molar-refractivity contribution in [3.05, 3.63) is 36.4 Å². The van der Waals surface area contributed by atoms with Crippen molar-refractivity contribution in [2.75, 3.05) is 24.3 Å². The van der Waals surface area contributed by atoms with Gasteiger partial charge in [0.15, 0.2) is 0 Å². The second-order valence-electron chi connectivity index (χ2n) is 3.81. The van der Waals surface area contributed by atoms with Crippen LogP contribution >= 0.6 is 0 Å². The fourth-order valence-electron chi connectivity index (χ4n) is 1.48.